The van der Waals surface area contributed by atoms with E-state index in [1.165, 1.54) is 27.8 Å². The Labute approximate surface area is 190 Å². The fourth-order valence-electron chi connectivity index (χ4n) is 4.14. The first-order valence-corrected chi connectivity index (χ1v) is 11.0. The van der Waals surface area contributed by atoms with Gasteiger partial charge >= 0.3 is 0 Å². The van der Waals surface area contributed by atoms with E-state index in [0.717, 1.165) is 17.1 Å². The van der Waals surface area contributed by atoms with Gasteiger partial charge in [-0.05, 0) is 71.1 Å². The van der Waals surface area contributed by atoms with Crippen molar-refractivity contribution >= 4 is 17.1 Å². The van der Waals surface area contributed by atoms with E-state index in [9.17, 15) is 0 Å². The molecule has 0 heterocycles. The number of rotatable bonds is 5. The maximum atomic E-state index is 2.30. The van der Waals surface area contributed by atoms with Crippen molar-refractivity contribution < 1.29 is 0 Å². The first-order chi connectivity index (χ1) is 15.8. The molecule has 0 aliphatic carbocycles. The van der Waals surface area contributed by atoms with Crippen LogP contribution in [0.2, 0.25) is 0 Å². The average molecular weight is 412 g/mol. The lowest BCUT2D eigenvalue weighted by Crippen LogP contribution is -2.09. The summed E-state index contributed by atoms with van der Waals surface area (Å²) in [5, 5.41) is 0. The largest absolute Gasteiger partial charge is 0.311 e. The van der Waals surface area contributed by atoms with Crippen LogP contribution in [0.4, 0.5) is 17.1 Å². The fraction of sp³-hybridized carbons (Fsp3) is 0.0323. The van der Waals surface area contributed by atoms with Crippen molar-refractivity contribution in [3.63, 3.8) is 0 Å². The molecule has 0 saturated heterocycles. The monoisotopic (exact) mass is 411 g/mol. The minimum absolute atomic E-state index is 1.14. The van der Waals surface area contributed by atoms with Crippen molar-refractivity contribution in [1.29, 1.82) is 0 Å². The number of hydrogen-bond acceptors (Lipinski definition) is 1. The van der Waals surface area contributed by atoms with Crippen molar-refractivity contribution in [1.82, 2.24) is 0 Å². The van der Waals surface area contributed by atoms with Gasteiger partial charge in [-0.3, -0.25) is 0 Å². The summed E-state index contributed by atoms with van der Waals surface area (Å²) in [6.45, 7) is 2.16. The molecule has 0 amide bonds. The summed E-state index contributed by atoms with van der Waals surface area (Å²) in [7, 11) is 0. The first-order valence-electron chi connectivity index (χ1n) is 11.0. The van der Waals surface area contributed by atoms with Gasteiger partial charge < -0.3 is 4.90 Å². The topological polar surface area (TPSA) is 3.24 Å². The fourth-order valence-corrected chi connectivity index (χ4v) is 4.14. The molecule has 154 valence electrons. The summed E-state index contributed by atoms with van der Waals surface area (Å²) in [6, 6.07) is 47.2. The van der Waals surface area contributed by atoms with Crippen LogP contribution in [-0.4, -0.2) is 0 Å². The zero-order valence-electron chi connectivity index (χ0n) is 18.1. The Morgan fingerprint density at radius 3 is 1.41 bits per heavy atom. The van der Waals surface area contributed by atoms with E-state index in [2.05, 4.69) is 145 Å². The standard InChI is InChI=1S/C31H25N/c1-24-10-8-9-15-31(24)27-18-22-30(23-19-27)32(28-13-6-3-7-14-28)29-20-16-26(17-21-29)25-11-4-2-5-12-25/h2-23H,1H3. The predicted molar refractivity (Wildman–Crippen MR) is 137 cm³/mol. The predicted octanol–water partition coefficient (Wildman–Crippen LogP) is 8.80. The smallest absolute Gasteiger partial charge is 0.0462 e. The van der Waals surface area contributed by atoms with Crippen LogP contribution in [0.25, 0.3) is 22.3 Å². The molecule has 5 aromatic rings. The zero-order chi connectivity index (χ0) is 21.8. The Hall–Kier alpha value is -4.10. The average Bonchev–Trinajstić information content (AvgIpc) is 2.87. The van der Waals surface area contributed by atoms with Crippen LogP contribution >= 0.6 is 0 Å². The first kappa shape index (κ1) is 19.8. The maximum Gasteiger partial charge on any atom is 0.0462 e. The van der Waals surface area contributed by atoms with Gasteiger partial charge in [-0.1, -0.05) is 97.1 Å². The molecule has 0 spiro atoms. The van der Waals surface area contributed by atoms with Gasteiger partial charge in [-0.2, -0.15) is 0 Å². The molecule has 0 saturated carbocycles. The van der Waals surface area contributed by atoms with E-state index in [1.807, 2.05) is 0 Å². The molecule has 0 aliphatic rings. The Morgan fingerprint density at radius 2 is 0.812 bits per heavy atom. The van der Waals surface area contributed by atoms with Crippen LogP contribution in [0.3, 0.4) is 0 Å². The van der Waals surface area contributed by atoms with E-state index in [4.69, 9.17) is 0 Å². The van der Waals surface area contributed by atoms with Gasteiger partial charge in [0.25, 0.3) is 0 Å². The maximum absolute atomic E-state index is 2.30. The molecular formula is C31H25N. The van der Waals surface area contributed by atoms with Gasteiger partial charge in [0.1, 0.15) is 0 Å². The van der Waals surface area contributed by atoms with Crippen LogP contribution in [0.15, 0.2) is 133 Å². The molecule has 0 unspecified atom stereocenters. The molecule has 5 rings (SSSR count). The molecule has 1 nitrogen and oxygen atoms in total. The van der Waals surface area contributed by atoms with Gasteiger partial charge in [0, 0.05) is 17.1 Å². The van der Waals surface area contributed by atoms with Crippen molar-refractivity contribution in [2.24, 2.45) is 0 Å². The minimum atomic E-state index is 1.14. The lowest BCUT2D eigenvalue weighted by molar-refractivity contribution is 1.28. The Morgan fingerprint density at radius 1 is 0.375 bits per heavy atom. The number of para-hydroxylation sites is 1. The van der Waals surface area contributed by atoms with Crippen molar-refractivity contribution in [2.45, 2.75) is 6.92 Å². The van der Waals surface area contributed by atoms with E-state index in [0.29, 0.717) is 0 Å². The molecule has 0 atom stereocenters. The number of nitrogens with zero attached hydrogens (tertiary/aromatic N) is 1. The summed E-state index contributed by atoms with van der Waals surface area (Å²) in [4.78, 5) is 2.30. The second-order valence-electron chi connectivity index (χ2n) is 7.95. The van der Waals surface area contributed by atoms with E-state index >= 15 is 0 Å². The second-order valence-corrected chi connectivity index (χ2v) is 7.95. The minimum Gasteiger partial charge on any atom is -0.311 e. The Bertz CT molecular complexity index is 1290. The van der Waals surface area contributed by atoms with Gasteiger partial charge in [-0.25, -0.2) is 0 Å². The molecule has 0 bridgehead atoms. The summed E-state index contributed by atoms with van der Waals surface area (Å²) in [5.41, 5.74) is 9.67. The molecule has 0 radical (unpaired) electrons. The second kappa shape index (κ2) is 8.95. The lowest BCUT2D eigenvalue weighted by Gasteiger charge is -2.26. The number of benzene rings is 5. The van der Waals surface area contributed by atoms with E-state index < -0.39 is 0 Å². The van der Waals surface area contributed by atoms with Crippen LogP contribution in [0.1, 0.15) is 5.56 Å². The highest BCUT2D eigenvalue weighted by Gasteiger charge is 2.13. The molecule has 1 heteroatoms. The quantitative estimate of drug-likeness (QED) is 0.279. The van der Waals surface area contributed by atoms with Gasteiger partial charge in [0.15, 0.2) is 0 Å². The molecule has 32 heavy (non-hydrogen) atoms. The van der Waals surface area contributed by atoms with Crippen LogP contribution in [-0.2, 0) is 0 Å². The third-order valence-corrected chi connectivity index (χ3v) is 5.83. The molecule has 0 aromatic heterocycles. The van der Waals surface area contributed by atoms with E-state index in [-0.39, 0.29) is 0 Å². The highest BCUT2D eigenvalue weighted by atomic mass is 15.1. The number of hydrogen-bond donors (Lipinski definition) is 0. The van der Waals surface area contributed by atoms with Crippen molar-refractivity contribution in [3.05, 3.63) is 139 Å². The SMILES string of the molecule is Cc1ccccc1-c1ccc(N(c2ccccc2)c2ccc(-c3ccccc3)cc2)cc1. The summed E-state index contributed by atoms with van der Waals surface area (Å²) < 4.78 is 0. The van der Waals surface area contributed by atoms with Crippen LogP contribution in [0.5, 0.6) is 0 Å². The molecule has 0 N–H and O–H groups in total. The van der Waals surface area contributed by atoms with Gasteiger partial charge in [0.2, 0.25) is 0 Å². The Balaban J connectivity index is 1.53. The molecule has 5 aromatic carbocycles. The molecular weight excluding hydrogens is 386 g/mol. The van der Waals surface area contributed by atoms with Crippen LogP contribution < -0.4 is 4.90 Å². The van der Waals surface area contributed by atoms with Gasteiger partial charge in [-0.15, -0.1) is 0 Å². The van der Waals surface area contributed by atoms with Crippen molar-refractivity contribution in [3.8, 4) is 22.3 Å². The normalized spacial score (nSPS) is 10.7. The molecule has 0 aliphatic heterocycles. The Kier molecular flexibility index (Phi) is 5.55. The highest BCUT2D eigenvalue weighted by molar-refractivity contribution is 5.80. The summed E-state index contributed by atoms with van der Waals surface area (Å²) in [5.74, 6) is 0. The number of aryl methyl sites for hydroxylation is 1. The third-order valence-electron chi connectivity index (χ3n) is 5.83. The summed E-state index contributed by atoms with van der Waals surface area (Å²) in [6.07, 6.45) is 0. The summed E-state index contributed by atoms with van der Waals surface area (Å²) >= 11 is 0. The van der Waals surface area contributed by atoms with Gasteiger partial charge in [0.05, 0.1) is 0 Å². The zero-order valence-corrected chi connectivity index (χ0v) is 18.1. The number of anilines is 3. The van der Waals surface area contributed by atoms with Crippen molar-refractivity contribution in [2.75, 3.05) is 4.90 Å². The van der Waals surface area contributed by atoms with Crippen LogP contribution in [0, 0.1) is 6.92 Å². The molecule has 0 fully saturated rings. The lowest BCUT2D eigenvalue weighted by atomic mass is 10.00. The third kappa shape index (κ3) is 4.06. The highest BCUT2D eigenvalue weighted by Crippen LogP contribution is 2.36. The van der Waals surface area contributed by atoms with E-state index in [1.54, 1.807) is 0 Å².